The summed E-state index contributed by atoms with van der Waals surface area (Å²) >= 11 is 2.85. The van der Waals surface area contributed by atoms with Crippen molar-refractivity contribution in [3.63, 3.8) is 0 Å². The highest BCUT2D eigenvalue weighted by Crippen LogP contribution is 2.35. The van der Waals surface area contributed by atoms with Gasteiger partial charge in [0.2, 0.25) is 11.8 Å². The van der Waals surface area contributed by atoms with Crippen LogP contribution in [-0.4, -0.2) is 39.7 Å². The first kappa shape index (κ1) is 20.9. The number of rotatable bonds is 8. The van der Waals surface area contributed by atoms with Crippen molar-refractivity contribution >= 4 is 45.1 Å². The fourth-order valence-electron chi connectivity index (χ4n) is 3.32. The van der Waals surface area contributed by atoms with Crippen molar-refractivity contribution < 1.29 is 9.59 Å². The molecule has 0 saturated heterocycles. The molecule has 2 heterocycles. The lowest BCUT2D eigenvalue weighted by Crippen LogP contribution is -2.40. The van der Waals surface area contributed by atoms with Gasteiger partial charge in [0, 0.05) is 17.5 Å². The Morgan fingerprint density at radius 3 is 2.79 bits per heavy atom. The SMILES string of the molecule is CCCn1c(SCC(=O)NCC(=O)NC(C)C)nc2sc3c(c2c1=O)CCC3. The van der Waals surface area contributed by atoms with Gasteiger partial charge in [-0.1, -0.05) is 18.7 Å². The van der Waals surface area contributed by atoms with E-state index < -0.39 is 0 Å². The van der Waals surface area contributed by atoms with Gasteiger partial charge in [-0.05, 0) is 45.1 Å². The third-order valence-electron chi connectivity index (χ3n) is 4.47. The van der Waals surface area contributed by atoms with Crippen molar-refractivity contribution in [2.45, 2.75) is 64.2 Å². The van der Waals surface area contributed by atoms with Crippen LogP contribution >= 0.6 is 23.1 Å². The van der Waals surface area contributed by atoms with E-state index in [1.54, 1.807) is 15.9 Å². The molecule has 0 radical (unpaired) electrons. The van der Waals surface area contributed by atoms with E-state index >= 15 is 0 Å². The van der Waals surface area contributed by atoms with E-state index in [4.69, 9.17) is 4.98 Å². The number of thioether (sulfide) groups is 1. The number of fused-ring (bicyclic) bond motifs is 3. The molecule has 0 saturated carbocycles. The lowest BCUT2D eigenvalue weighted by atomic mass is 10.2. The van der Waals surface area contributed by atoms with Crippen LogP contribution in [0.1, 0.15) is 44.1 Å². The molecule has 152 valence electrons. The predicted molar refractivity (Wildman–Crippen MR) is 113 cm³/mol. The lowest BCUT2D eigenvalue weighted by molar-refractivity contribution is -0.125. The first-order valence-electron chi connectivity index (χ1n) is 9.64. The van der Waals surface area contributed by atoms with Gasteiger partial charge in [-0.3, -0.25) is 19.0 Å². The highest BCUT2D eigenvalue weighted by atomic mass is 32.2. The standard InChI is InChI=1S/C19H26N4O3S2/c1-4-8-23-18(26)16-12-6-5-7-13(12)28-17(16)22-19(23)27-10-15(25)20-9-14(24)21-11(2)3/h11H,4-10H2,1-3H3,(H,20,25)(H,21,24). The molecule has 0 aliphatic heterocycles. The molecule has 2 aromatic rings. The van der Waals surface area contributed by atoms with Gasteiger partial charge in [0.1, 0.15) is 4.83 Å². The van der Waals surface area contributed by atoms with Crippen molar-refractivity contribution in [3.05, 3.63) is 20.8 Å². The summed E-state index contributed by atoms with van der Waals surface area (Å²) in [6, 6.07) is 0.0330. The second kappa shape index (κ2) is 9.09. The predicted octanol–water partition coefficient (Wildman–Crippen LogP) is 2.09. The zero-order valence-corrected chi connectivity index (χ0v) is 18.1. The topological polar surface area (TPSA) is 93.1 Å². The van der Waals surface area contributed by atoms with E-state index in [9.17, 15) is 14.4 Å². The van der Waals surface area contributed by atoms with Gasteiger partial charge < -0.3 is 10.6 Å². The number of amides is 2. The van der Waals surface area contributed by atoms with Crippen LogP contribution in [-0.2, 0) is 29.0 Å². The molecule has 1 aliphatic rings. The first-order valence-corrected chi connectivity index (χ1v) is 11.4. The molecule has 9 heteroatoms. The second-order valence-electron chi connectivity index (χ2n) is 7.18. The minimum atomic E-state index is -0.255. The van der Waals surface area contributed by atoms with Crippen LogP contribution in [0.15, 0.2) is 9.95 Å². The Morgan fingerprint density at radius 2 is 2.07 bits per heavy atom. The Morgan fingerprint density at radius 1 is 1.29 bits per heavy atom. The Hall–Kier alpha value is -1.87. The molecule has 1 aliphatic carbocycles. The summed E-state index contributed by atoms with van der Waals surface area (Å²) in [7, 11) is 0. The Labute approximate surface area is 172 Å². The third kappa shape index (κ3) is 4.57. The fourth-order valence-corrected chi connectivity index (χ4v) is 5.48. The molecule has 0 bridgehead atoms. The molecule has 2 amide bonds. The van der Waals surface area contributed by atoms with E-state index in [1.807, 2.05) is 20.8 Å². The van der Waals surface area contributed by atoms with Crippen molar-refractivity contribution in [3.8, 4) is 0 Å². The van der Waals surface area contributed by atoms with Crippen molar-refractivity contribution in [1.82, 2.24) is 20.2 Å². The molecule has 7 nitrogen and oxygen atoms in total. The fraction of sp³-hybridized carbons (Fsp3) is 0.579. The average molecular weight is 423 g/mol. The zero-order valence-electron chi connectivity index (χ0n) is 16.5. The molecule has 0 fully saturated rings. The zero-order chi connectivity index (χ0) is 20.3. The number of hydrogen-bond acceptors (Lipinski definition) is 6. The average Bonchev–Trinajstić information content (AvgIpc) is 3.21. The highest BCUT2D eigenvalue weighted by Gasteiger charge is 2.23. The number of nitrogens with one attached hydrogen (secondary N) is 2. The van der Waals surface area contributed by atoms with Crippen molar-refractivity contribution in [2.24, 2.45) is 0 Å². The molecular weight excluding hydrogens is 396 g/mol. The third-order valence-corrected chi connectivity index (χ3v) is 6.63. The molecule has 0 unspecified atom stereocenters. The Balaban J connectivity index is 1.73. The number of thiophene rings is 1. The monoisotopic (exact) mass is 422 g/mol. The van der Waals surface area contributed by atoms with E-state index in [1.165, 1.54) is 22.2 Å². The maximum Gasteiger partial charge on any atom is 0.263 e. The van der Waals surface area contributed by atoms with E-state index in [0.29, 0.717) is 11.7 Å². The summed E-state index contributed by atoms with van der Waals surface area (Å²) in [4.78, 5) is 43.6. The number of carbonyl (C=O) groups is 2. The largest absolute Gasteiger partial charge is 0.352 e. The maximum absolute atomic E-state index is 13.1. The summed E-state index contributed by atoms with van der Waals surface area (Å²) in [5, 5.41) is 6.67. The molecule has 2 aromatic heterocycles. The van der Waals surface area contributed by atoms with Crippen molar-refractivity contribution in [2.75, 3.05) is 12.3 Å². The van der Waals surface area contributed by atoms with Gasteiger partial charge in [-0.15, -0.1) is 11.3 Å². The summed E-state index contributed by atoms with van der Waals surface area (Å²) < 4.78 is 1.69. The molecule has 2 N–H and O–H groups in total. The summed E-state index contributed by atoms with van der Waals surface area (Å²) in [6.45, 7) is 6.27. The van der Waals surface area contributed by atoms with E-state index in [2.05, 4.69) is 10.6 Å². The van der Waals surface area contributed by atoms with Crippen LogP contribution < -0.4 is 16.2 Å². The van der Waals surface area contributed by atoms with Gasteiger partial charge in [0.25, 0.3) is 5.56 Å². The van der Waals surface area contributed by atoms with Crippen LogP contribution in [0.4, 0.5) is 0 Å². The normalized spacial score (nSPS) is 13.1. The van der Waals surface area contributed by atoms with E-state index in [0.717, 1.165) is 35.9 Å². The van der Waals surface area contributed by atoms with Crippen LogP contribution in [0.25, 0.3) is 10.2 Å². The highest BCUT2D eigenvalue weighted by molar-refractivity contribution is 7.99. The number of carbonyl (C=O) groups excluding carboxylic acids is 2. The molecule has 0 spiro atoms. The number of aromatic nitrogens is 2. The number of aryl methyl sites for hydroxylation is 2. The summed E-state index contributed by atoms with van der Waals surface area (Å²) in [6.07, 6.45) is 3.89. The molecule has 0 aromatic carbocycles. The molecule has 0 atom stereocenters. The summed E-state index contributed by atoms with van der Waals surface area (Å²) in [5.74, 6) is -0.360. The second-order valence-corrected chi connectivity index (χ2v) is 9.20. The lowest BCUT2D eigenvalue weighted by Gasteiger charge is -2.12. The minimum Gasteiger partial charge on any atom is -0.352 e. The van der Waals surface area contributed by atoms with Gasteiger partial charge >= 0.3 is 0 Å². The number of hydrogen-bond donors (Lipinski definition) is 2. The summed E-state index contributed by atoms with van der Waals surface area (Å²) in [5.41, 5.74) is 1.18. The maximum atomic E-state index is 13.1. The van der Waals surface area contributed by atoms with Crippen LogP contribution in [0, 0.1) is 0 Å². The van der Waals surface area contributed by atoms with Gasteiger partial charge in [-0.2, -0.15) is 0 Å². The van der Waals surface area contributed by atoms with Gasteiger partial charge in [0.15, 0.2) is 5.16 Å². The van der Waals surface area contributed by atoms with Gasteiger partial charge in [-0.25, -0.2) is 4.98 Å². The Bertz CT molecular complexity index is 949. The molecule has 3 rings (SSSR count). The van der Waals surface area contributed by atoms with Crippen molar-refractivity contribution in [1.29, 1.82) is 0 Å². The smallest absolute Gasteiger partial charge is 0.263 e. The van der Waals surface area contributed by atoms with Crippen LogP contribution in [0.3, 0.4) is 0 Å². The van der Waals surface area contributed by atoms with E-state index in [-0.39, 0.29) is 35.7 Å². The quantitative estimate of drug-likeness (QED) is 0.502. The van der Waals surface area contributed by atoms with Gasteiger partial charge in [0.05, 0.1) is 17.7 Å². The van der Waals surface area contributed by atoms with Crippen LogP contribution in [0.2, 0.25) is 0 Å². The molecule has 28 heavy (non-hydrogen) atoms. The minimum absolute atomic E-state index is 0.00506. The Kier molecular flexibility index (Phi) is 6.77. The van der Waals surface area contributed by atoms with Crippen LogP contribution in [0.5, 0.6) is 0 Å². The first-order chi connectivity index (χ1) is 13.4. The number of nitrogens with zero attached hydrogens (tertiary/aromatic N) is 2. The molecular formula is C19H26N4O3S2.